The van der Waals surface area contributed by atoms with Gasteiger partial charge >= 0.3 is 5.97 Å². The number of hydrogen-bond donors (Lipinski definition) is 3. The summed E-state index contributed by atoms with van der Waals surface area (Å²) in [4.78, 5) is 72.3. The maximum absolute atomic E-state index is 13.8. The molecule has 1 aromatic heterocycles. The van der Waals surface area contributed by atoms with E-state index in [-0.39, 0.29) is 31.8 Å². The highest BCUT2D eigenvalue weighted by atomic mass is 16.5. The van der Waals surface area contributed by atoms with E-state index in [1.165, 1.54) is 4.90 Å². The maximum atomic E-state index is 13.8. The van der Waals surface area contributed by atoms with Crippen molar-refractivity contribution in [1.82, 2.24) is 25.8 Å². The Hall–Kier alpha value is -4.28. The number of pyridine rings is 1. The van der Waals surface area contributed by atoms with Crippen molar-refractivity contribution in [2.75, 3.05) is 13.2 Å². The number of unbranched alkanes of at least 4 members (excludes halogenated alkanes) is 1. The third kappa shape index (κ3) is 7.51. The van der Waals surface area contributed by atoms with Crippen molar-refractivity contribution >= 4 is 29.6 Å². The van der Waals surface area contributed by atoms with E-state index in [0.29, 0.717) is 43.5 Å². The lowest BCUT2D eigenvalue weighted by molar-refractivity contribution is -0.144. The van der Waals surface area contributed by atoms with Crippen LogP contribution in [-0.2, 0) is 30.3 Å². The van der Waals surface area contributed by atoms with Crippen molar-refractivity contribution in [1.29, 1.82) is 0 Å². The van der Waals surface area contributed by atoms with Gasteiger partial charge in [-0.05, 0) is 69.7 Å². The normalized spacial score (nSPS) is 24.9. The molecule has 0 radical (unpaired) electrons. The molecule has 0 aliphatic carbocycles. The number of hydrogen-bond acceptors (Lipinski definition) is 7. The van der Waals surface area contributed by atoms with Crippen molar-refractivity contribution in [3.63, 3.8) is 0 Å². The Morgan fingerprint density at radius 3 is 2.48 bits per heavy atom. The van der Waals surface area contributed by atoms with Crippen LogP contribution in [0.3, 0.4) is 0 Å². The second kappa shape index (κ2) is 14.1. The van der Waals surface area contributed by atoms with E-state index < -0.39 is 47.4 Å². The predicted octanol–water partition coefficient (Wildman–Crippen LogP) is 1.91. The Bertz CT molecular complexity index is 1270. The molecule has 3 N–H and O–H groups in total. The number of nitrogens with one attached hydrogen (secondary N) is 3. The minimum absolute atomic E-state index is 0.154. The average Bonchev–Trinajstić information content (AvgIpc) is 3.50. The van der Waals surface area contributed by atoms with Crippen LogP contribution in [0.4, 0.5) is 0 Å². The molecule has 3 heterocycles. The summed E-state index contributed by atoms with van der Waals surface area (Å²) >= 11 is 0. The molecular formula is C31H39N5O6. The lowest BCUT2D eigenvalue weighted by Crippen LogP contribution is -2.65. The first kappa shape index (κ1) is 30.7. The Labute approximate surface area is 245 Å². The molecule has 0 bridgehead atoms. The first-order valence-corrected chi connectivity index (χ1v) is 14.6. The molecule has 224 valence electrons. The predicted molar refractivity (Wildman–Crippen MR) is 154 cm³/mol. The highest BCUT2D eigenvalue weighted by Gasteiger charge is 2.43. The number of benzene rings is 1. The summed E-state index contributed by atoms with van der Waals surface area (Å²) in [7, 11) is 0. The number of nitrogens with zero attached hydrogens (tertiary/aromatic N) is 2. The fraction of sp³-hybridized carbons (Fsp3) is 0.484. The summed E-state index contributed by atoms with van der Waals surface area (Å²) < 4.78 is 5.33. The average molecular weight is 578 g/mol. The molecule has 1 unspecified atom stereocenters. The van der Waals surface area contributed by atoms with Gasteiger partial charge in [0.25, 0.3) is 0 Å². The summed E-state index contributed by atoms with van der Waals surface area (Å²) in [6, 6.07) is 11.4. The van der Waals surface area contributed by atoms with Crippen molar-refractivity contribution < 1.29 is 28.7 Å². The zero-order valence-electron chi connectivity index (χ0n) is 24.1. The van der Waals surface area contributed by atoms with Crippen molar-refractivity contribution in [3.8, 4) is 0 Å². The fourth-order valence-corrected chi connectivity index (χ4v) is 5.22. The molecule has 2 aliphatic heterocycles. The van der Waals surface area contributed by atoms with Crippen LogP contribution >= 0.6 is 0 Å². The molecule has 11 nitrogen and oxygen atoms in total. The van der Waals surface area contributed by atoms with Gasteiger partial charge in [0.15, 0.2) is 0 Å². The minimum Gasteiger partial charge on any atom is -0.462 e. The van der Waals surface area contributed by atoms with Crippen LogP contribution in [0.2, 0.25) is 0 Å². The number of rotatable bonds is 9. The highest BCUT2D eigenvalue weighted by Crippen LogP contribution is 2.22. The third-order valence-electron chi connectivity index (χ3n) is 7.95. The molecule has 0 saturated carbocycles. The second-order valence-corrected chi connectivity index (χ2v) is 11.0. The van der Waals surface area contributed by atoms with Crippen molar-refractivity contribution in [3.05, 3.63) is 66.0 Å². The van der Waals surface area contributed by atoms with Crippen molar-refractivity contribution in [2.45, 2.75) is 82.5 Å². The van der Waals surface area contributed by atoms with Crippen LogP contribution in [0, 0.1) is 0 Å². The Kier molecular flexibility index (Phi) is 10.3. The SMILES string of the molecule is CC[C@]1(C)NC(=O)[C@H](CCCCOC(=O)c2ccccc2)NC(=O)[C@H]2CCCN2C(=O)C(Cc2ccccn2)NC1=O. The summed E-state index contributed by atoms with van der Waals surface area (Å²) in [5, 5.41) is 8.53. The smallest absolute Gasteiger partial charge is 0.338 e. The maximum Gasteiger partial charge on any atom is 0.338 e. The number of ether oxygens (including phenoxy) is 1. The van der Waals surface area contributed by atoms with Gasteiger partial charge in [0.05, 0.1) is 12.2 Å². The van der Waals surface area contributed by atoms with E-state index in [9.17, 15) is 24.0 Å². The quantitative estimate of drug-likeness (QED) is 0.305. The third-order valence-corrected chi connectivity index (χ3v) is 7.95. The minimum atomic E-state index is -1.32. The van der Waals surface area contributed by atoms with E-state index >= 15 is 0 Å². The van der Waals surface area contributed by atoms with E-state index in [4.69, 9.17) is 4.74 Å². The molecule has 11 heteroatoms. The second-order valence-electron chi connectivity index (χ2n) is 11.0. The van der Waals surface area contributed by atoms with Gasteiger partial charge in [-0.3, -0.25) is 24.2 Å². The van der Waals surface area contributed by atoms with Crippen LogP contribution in [0.1, 0.15) is 68.4 Å². The topological polar surface area (TPSA) is 147 Å². The molecule has 2 aromatic rings. The zero-order chi connectivity index (χ0) is 30.1. The highest BCUT2D eigenvalue weighted by molar-refractivity contribution is 5.99. The number of aromatic nitrogens is 1. The molecule has 2 saturated heterocycles. The first-order chi connectivity index (χ1) is 20.2. The number of amides is 4. The zero-order valence-corrected chi connectivity index (χ0v) is 24.1. The van der Waals surface area contributed by atoms with Gasteiger partial charge in [0.1, 0.15) is 23.7 Å². The molecule has 4 atom stereocenters. The van der Waals surface area contributed by atoms with E-state index in [1.54, 1.807) is 62.5 Å². The molecule has 1 aromatic carbocycles. The molecular weight excluding hydrogens is 538 g/mol. The van der Waals surface area contributed by atoms with Gasteiger partial charge in [-0.15, -0.1) is 0 Å². The molecule has 2 fully saturated rings. The molecule has 4 amide bonds. The summed E-state index contributed by atoms with van der Waals surface area (Å²) in [5.74, 6) is -2.15. The molecule has 2 aliphatic rings. The summed E-state index contributed by atoms with van der Waals surface area (Å²) in [6.45, 7) is 3.91. The number of esters is 1. The monoisotopic (exact) mass is 577 g/mol. The van der Waals surface area contributed by atoms with Gasteiger partial charge in [-0.2, -0.15) is 0 Å². The largest absolute Gasteiger partial charge is 0.462 e. The van der Waals surface area contributed by atoms with Crippen LogP contribution < -0.4 is 16.0 Å². The lowest BCUT2D eigenvalue weighted by Gasteiger charge is -2.35. The number of carbonyl (C=O) groups is 5. The van der Waals surface area contributed by atoms with E-state index in [2.05, 4.69) is 20.9 Å². The van der Waals surface area contributed by atoms with Crippen LogP contribution in [0.5, 0.6) is 0 Å². The standard InChI is InChI=1S/C31H39N5O6/c1-3-31(2)30(41)34-24(20-22-14-7-9-17-32-22)28(39)36-18-11-16-25(36)27(38)33-23(26(37)35-31)15-8-10-19-42-29(40)21-12-5-4-6-13-21/h4-7,9,12-14,17,23-25H,3,8,10-11,15-16,18-20H2,1-2H3,(H,33,38)(H,34,41)(H,35,37)/t23-,24?,25+,31-/m0/s1. The van der Waals surface area contributed by atoms with Crippen LogP contribution in [-0.4, -0.2) is 76.3 Å². The fourth-order valence-electron chi connectivity index (χ4n) is 5.22. The number of carbonyl (C=O) groups excluding carboxylic acids is 5. The lowest BCUT2D eigenvalue weighted by atomic mass is 9.94. The Balaban J connectivity index is 1.47. The van der Waals surface area contributed by atoms with Gasteiger partial charge < -0.3 is 25.6 Å². The Morgan fingerprint density at radius 1 is 1.00 bits per heavy atom. The molecule has 42 heavy (non-hydrogen) atoms. The van der Waals surface area contributed by atoms with E-state index in [1.807, 2.05) is 6.07 Å². The van der Waals surface area contributed by atoms with Gasteiger partial charge in [0, 0.05) is 24.9 Å². The van der Waals surface area contributed by atoms with Crippen LogP contribution in [0.25, 0.3) is 0 Å². The van der Waals surface area contributed by atoms with Gasteiger partial charge in [0.2, 0.25) is 23.6 Å². The Morgan fingerprint density at radius 2 is 1.76 bits per heavy atom. The van der Waals surface area contributed by atoms with Crippen molar-refractivity contribution in [2.24, 2.45) is 0 Å². The molecule has 0 spiro atoms. The van der Waals surface area contributed by atoms with Gasteiger partial charge in [-0.25, -0.2) is 4.79 Å². The van der Waals surface area contributed by atoms with E-state index in [0.717, 1.165) is 0 Å². The first-order valence-electron chi connectivity index (χ1n) is 14.6. The summed E-state index contributed by atoms with van der Waals surface area (Å²) in [6.07, 6.45) is 4.35. The van der Waals surface area contributed by atoms with Gasteiger partial charge in [-0.1, -0.05) is 31.2 Å². The van der Waals surface area contributed by atoms with Crippen LogP contribution in [0.15, 0.2) is 54.7 Å². The summed E-state index contributed by atoms with van der Waals surface area (Å²) in [5.41, 5.74) is -0.240. The number of fused-ring (bicyclic) bond motifs is 1. The molecule has 4 rings (SSSR count).